The Hall–Kier alpha value is -3.40. The van der Waals surface area contributed by atoms with Gasteiger partial charge in [-0.3, -0.25) is 10.0 Å². The maximum absolute atomic E-state index is 13.3. The summed E-state index contributed by atoms with van der Waals surface area (Å²) in [6, 6.07) is 20.9. The maximum atomic E-state index is 13.3. The van der Waals surface area contributed by atoms with Crippen molar-refractivity contribution in [2.45, 2.75) is 41.7 Å². The van der Waals surface area contributed by atoms with Gasteiger partial charge in [-0.25, -0.2) is 13.9 Å². The molecule has 0 unspecified atom stereocenters. The SMILES string of the molecule is O=C(NO)C1(S(=O)(=O)c2ccc(OCCCc3cccc(-c4ccc5c(c4)CCO5)c3)cc2)CCOCC1. The number of amides is 1. The van der Waals surface area contributed by atoms with Crippen LogP contribution in [0.4, 0.5) is 0 Å². The van der Waals surface area contributed by atoms with Crippen molar-refractivity contribution in [3.63, 3.8) is 0 Å². The van der Waals surface area contributed by atoms with Crippen molar-refractivity contribution in [3.05, 3.63) is 77.9 Å². The predicted molar refractivity (Wildman–Crippen MR) is 141 cm³/mol. The number of hydrogen-bond donors (Lipinski definition) is 2. The van der Waals surface area contributed by atoms with Gasteiger partial charge in [0.25, 0.3) is 5.91 Å². The smallest absolute Gasteiger partial charge is 0.265 e. The van der Waals surface area contributed by atoms with Crippen LogP contribution in [0.25, 0.3) is 11.1 Å². The molecule has 2 aliphatic heterocycles. The molecule has 8 nitrogen and oxygen atoms in total. The second-order valence-corrected chi connectivity index (χ2v) is 11.9. The minimum atomic E-state index is -4.06. The zero-order chi connectivity index (χ0) is 26.6. The second kappa shape index (κ2) is 11.1. The highest BCUT2D eigenvalue weighted by molar-refractivity contribution is 7.93. The number of benzene rings is 3. The Kier molecular flexibility index (Phi) is 7.69. The molecule has 2 heterocycles. The van der Waals surface area contributed by atoms with E-state index in [0.29, 0.717) is 12.4 Å². The first-order valence-corrected chi connectivity index (χ1v) is 14.3. The number of ether oxygens (including phenoxy) is 3. The molecule has 0 aromatic heterocycles. The van der Waals surface area contributed by atoms with E-state index in [9.17, 15) is 18.4 Å². The monoisotopic (exact) mass is 537 g/mol. The number of carbonyl (C=O) groups excluding carboxylic acids is 1. The molecule has 0 spiro atoms. The first-order chi connectivity index (χ1) is 18.4. The largest absolute Gasteiger partial charge is 0.494 e. The van der Waals surface area contributed by atoms with Crippen molar-refractivity contribution in [1.82, 2.24) is 5.48 Å². The third-order valence-electron chi connectivity index (χ3n) is 7.29. The van der Waals surface area contributed by atoms with E-state index in [0.717, 1.165) is 31.6 Å². The zero-order valence-corrected chi connectivity index (χ0v) is 21.8. The highest BCUT2D eigenvalue weighted by atomic mass is 32.2. The molecule has 1 fully saturated rings. The molecule has 5 rings (SSSR count). The molecular formula is C29H31NO7S. The topological polar surface area (TPSA) is 111 Å². The van der Waals surface area contributed by atoms with E-state index in [1.54, 1.807) is 12.1 Å². The lowest BCUT2D eigenvalue weighted by Gasteiger charge is -2.34. The molecule has 0 saturated carbocycles. The van der Waals surface area contributed by atoms with E-state index in [-0.39, 0.29) is 31.0 Å². The summed E-state index contributed by atoms with van der Waals surface area (Å²) in [5.74, 6) is 0.590. The third-order valence-corrected chi connectivity index (χ3v) is 9.81. The van der Waals surface area contributed by atoms with E-state index in [2.05, 4.69) is 36.4 Å². The lowest BCUT2D eigenvalue weighted by molar-refractivity contribution is -0.134. The Balaban J connectivity index is 1.18. The Morgan fingerprint density at radius 3 is 2.50 bits per heavy atom. The molecule has 3 aromatic rings. The summed E-state index contributed by atoms with van der Waals surface area (Å²) in [6.45, 7) is 1.47. The Morgan fingerprint density at radius 2 is 1.74 bits per heavy atom. The fraction of sp³-hybridized carbons (Fsp3) is 0.345. The van der Waals surface area contributed by atoms with Crippen LogP contribution in [0.15, 0.2) is 71.6 Å². The van der Waals surface area contributed by atoms with Crippen LogP contribution in [-0.2, 0) is 32.2 Å². The third kappa shape index (κ3) is 5.14. The van der Waals surface area contributed by atoms with E-state index in [1.165, 1.54) is 39.9 Å². The lowest BCUT2D eigenvalue weighted by Crippen LogP contribution is -2.54. The van der Waals surface area contributed by atoms with Gasteiger partial charge in [0, 0.05) is 19.6 Å². The number of hydrogen-bond acceptors (Lipinski definition) is 7. The highest BCUT2D eigenvalue weighted by Crippen LogP contribution is 2.36. The van der Waals surface area contributed by atoms with Crippen molar-refractivity contribution in [2.75, 3.05) is 26.4 Å². The normalized spacial score (nSPS) is 16.3. The summed E-state index contributed by atoms with van der Waals surface area (Å²) < 4.78 is 41.7. The molecule has 9 heteroatoms. The van der Waals surface area contributed by atoms with Crippen molar-refractivity contribution < 1.29 is 32.6 Å². The van der Waals surface area contributed by atoms with Crippen LogP contribution in [0.2, 0.25) is 0 Å². The van der Waals surface area contributed by atoms with E-state index in [4.69, 9.17) is 14.2 Å². The number of fused-ring (bicyclic) bond motifs is 1. The fourth-order valence-electron chi connectivity index (χ4n) is 5.10. The van der Waals surface area contributed by atoms with Gasteiger partial charge in [0.1, 0.15) is 11.5 Å². The minimum Gasteiger partial charge on any atom is -0.494 e. The maximum Gasteiger partial charge on any atom is 0.265 e. The molecule has 200 valence electrons. The Labute approximate surface area is 222 Å². The molecule has 0 atom stereocenters. The van der Waals surface area contributed by atoms with Gasteiger partial charge in [-0.05, 0) is 84.3 Å². The number of aryl methyl sites for hydroxylation is 1. The van der Waals surface area contributed by atoms with Crippen molar-refractivity contribution in [2.24, 2.45) is 0 Å². The minimum absolute atomic E-state index is 0.00489. The highest BCUT2D eigenvalue weighted by Gasteiger charge is 2.52. The summed E-state index contributed by atoms with van der Waals surface area (Å²) >= 11 is 0. The molecule has 0 aliphatic carbocycles. The fourth-order valence-corrected chi connectivity index (χ4v) is 7.04. The van der Waals surface area contributed by atoms with Crippen molar-refractivity contribution in [1.29, 1.82) is 0 Å². The number of sulfone groups is 1. The standard InChI is InChI=1S/C29H31NO7S/c31-28(30-32)29(13-17-35-18-14-29)38(33,34)26-9-7-25(8-10-26)36-15-2-4-21-3-1-5-22(19-21)23-6-11-27-24(20-23)12-16-37-27/h1,3,5-11,19-20,32H,2,4,12-18H2,(H,30,31). The molecule has 1 saturated heterocycles. The lowest BCUT2D eigenvalue weighted by atomic mass is 9.98. The molecular weight excluding hydrogens is 506 g/mol. The molecule has 2 N–H and O–H groups in total. The van der Waals surface area contributed by atoms with Gasteiger partial charge in [0.15, 0.2) is 14.6 Å². The summed E-state index contributed by atoms with van der Waals surface area (Å²) in [5, 5.41) is 9.19. The van der Waals surface area contributed by atoms with Gasteiger partial charge in [0.2, 0.25) is 0 Å². The Morgan fingerprint density at radius 1 is 0.974 bits per heavy atom. The number of rotatable bonds is 9. The number of hydroxylamine groups is 1. The van der Waals surface area contributed by atoms with Crippen LogP contribution in [0.3, 0.4) is 0 Å². The second-order valence-electron chi connectivity index (χ2n) is 9.60. The summed E-state index contributed by atoms with van der Waals surface area (Å²) in [4.78, 5) is 12.4. The van der Waals surface area contributed by atoms with Crippen LogP contribution in [0.5, 0.6) is 11.5 Å². The average Bonchev–Trinajstić information content (AvgIpc) is 3.44. The summed E-state index contributed by atoms with van der Waals surface area (Å²) in [7, 11) is -4.06. The van der Waals surface area contributed by atoms with Crippen LogP contribution in [0, 0.1) is 0 Å². The summed E-state index contributed by atoms with van der Waals surface area (Å²) in [6.07, 6.45) is 2.53. The number of nitrogens with one attached hydrogen (secondary N) is 1. The van der Waals surface area contributed by atoms with Gasteiger partial charge in [-0.2, -0.15) is 0 Å². The van der Waals surface area contributed by atoms with Gasteiger partial charge < -0.3 is 14.2 Å². The van der Waals surface area contributed by atoms with Crippen molar-refractivity contribution in [3.8, 4) is 22.6 Å². The van der Waals surface area contributed by atoms with Gasteiger partial charge in [0.05, 0.1) is 18.1 Å². The molecule has 38 heavy (non-hydrogen) atoms. The van der Waals surface area contributed by atoms with Gasteiger partial charge in [-0.15, -0.1) is 0 Å². The molecule has 3 aromatic carbocycles. The molecule has 1 amide bonds. The van der Waals surface area contributed by atoms with Crippen LogP contribution in [0.1, 0.15) is 30.4 Å². The Bertz CT molecular complexity index is 1400. The number of carbonyl (C=O) groups is 1. The van der Waals surface area contributed by atoms with Gasteiger partial charge >= 0.3 is 0 Å². The van der Waals surface area contributed by atoms with Crippen LogP contribution >= 0.6 is 0 Å². The molecule has 0 bridgehead atoms. The van der Waals surface area contributed by atoms with Crippen LogP contribution in [-0.4, -0.2) is 50.7 Å². The molecule has 2 aliphatic rings. The molecule has 0 radical (unpaired) electrons. The zero-order valence-electron chi connectivity index (χ0n) is 21.0. The van der Waals surface area contributed by atoms with E-state index < -0.39 is 20.5 Å². The first kappa shape index (κ1) is 26.2. The first-order valence-electron chi connectivity index (χ1n) is 12.8. The van der Waals surface area contributed by atoms with Crippen LogP contribution < -0.4 is 15.0 Å². The summed E-state index contributed by atoms with van der Waals surface area (Å²) in [5.41, 5.74) is 6.35. The van der Waals surface area contributed by atoms with Crippen molar-refractivity contribution >= 4 is 15.7 Å². The van der Waals surface area contributed by atoms with E-state index >= 15 is 0 Å². The predicted octanol–water partition coefficient (Wildman–Crippen LogP) is 4.13. The quantitative estimate of drug-likeness (QED) is 0.240. The van der Waals surface area contributed by atoms with Gasteiger partial charge in [-0.1, -0.05) is 30.3 Å². The van der Waals surface area contributed by atoms with E-state index in [1.807, 2.05) is 6.07 Å². The average molecular weight is 538 g/mol.